The molecule has 0 atom stereocenters. The molecule has 0 aliphatic heterocycles. The third-order valence-electron chi connectivity index (χ3n) is 3.34. The van der Waals surface area contributed by atoms with Crippen molar-refractivity contribution < 1.29 is 23.4 Å². The Hall–Kier alpha value is -3.49. The van der Waals surface area contributed by atoms with Gasteiger partial charge in [0.2, 0.25) is 0 Å². The lowest BCUT2D eigenvalue weighted by Crippen LogP contribution is -2.18. The van der Waals surface area contributed by atoms with Crippen LogP contribution in [0.2, 0.25) is 0 Å². The van der Waals surface area contributed by atoms with E-state index in [0.717, 1.165) is 5.39 Å². The molecule has 25 heavy (non-hydrogen) atoms. The molecule has 2 N–H and O–H groups in total. The molecular weight excluding hydrogens is 330 g/mol. The highest BCUT2D eigenvalue weighted by molar-refractivity contribution is 5.86. The van der Waals surface area contributed by atoms with Gasteiger partial charge in [-0.05, 0) is 12.1 Å². The third-order valence-corrected chi connectivity index (χ3v) is 3.34. The largest absolute Gasteiger partial charge is 0.496 e. The van der Waals surface area contributed by atoms with Gasteiger partial charge in [-0.15, -0.1) is 0 Å². The van der Waals surface area contributed by atoms with Gasteiger partial charge in [0, 0.05) is 18.3 Å². The van der Waals surface area contributed by atoms with Gasteiger partial charge in [-0.1, -0.05) is 0 Å². The van der Waals surface area contributed by atoms with E-state index in [9.17, 15) is 9.59 Å². The molecule has 1 aromatic carbocycles. The third kappa shape index (κ3) is 3.71. The summed E-state index contributed by atoms with van der Waals surface area (Å²) < 4.78 is 21.2. The van der Waals surface area contributed by atoms with Crippen molar-refractivity contribution in [3.63, 3.8) is 0 Å². The molecule has 9 heteroatoms. The van der Waals surface area contributed by atoms with Gasteiger partial charge in [0.1, 0.15) is 28.7 Å². The van der Waals surface area contributed by atoms with Crippen LogP contribution in [0, 0.1) is 0 Å². The zero-order valence-electron chi connectivity index (χ0n) is 13.5. The molecule has 2 aromatic heterocycles. The molecule has 0 aliphatic carbocycles. The number of carbonyl (C=O) groups is 1. The van der Waals surface area contributed by atoms with E-state index in [2.05, 4.69) is 15.3 Å². The molecule has 0 radical (unpaired) electrons. The topological polar surface area (TPSA) is 116 Å². The molecule has 0 saturated heterocycles. The number of nitrogens with one attached hydrogen (secondary N) is 2. The van der Waals surface area contributed by atoms with Crippen LogP contribution >= 0.6 is 0 Å². The van der Waals surface area contributed by atoms with Gasteiger partial charge >= 0.3 is 11.8 Å². The molecular formula is C16H15N3O6. The molecule has 0 fully saturated rings. The van der Waals surface area contributed by atoms with E-state index in [0.29, 0.717) is 22.8 Å². The molecule has 0 saturated carbocycles. The Morgan fingerprint density at radius 3 is 2.84 bits per heavy atom. The van der Waals surface area contributed by atoms with E-state index in [1.165, 1.54) is 12.3 Å². The first-order chi connectivity index (χ1) is 12.1. The Morgan fingerprint density at radius 1 is 1.28 bits per heavy atom. The lowest BCUT2D eigenvalue weighted by molar-refractivity contribution is 0.146. The summed E-state index contributed by atoms with van der Waals surface area (Å²) >= 11 is 0. The first-order valence-corrected chi connectivity index (χ1v) is 7.22. The van der Waals surface area contributed by atoms with Crippen molar-refractivity contribution >= 4 is 22.9 Å². The van der Waals surface area contributed by atoms with Crippen molar-refractivity contribution in [3.8, 4) is 11.5 Å². The van der Waals surface area contributed by atoms with Gasteiger partial charge in [-0.25, -0.2) is 14.6 Å². The van der Waals surface area contributed by atoms with Crippen molar-refractivity contribution in [3.05, 3.63) is 46.7 Å². The lowest BCUT2D eigenvalue weighted by atomic mass is 10.2. The number of benzene rings is 1. The number of fused-ring (bicyclic) bond motifs is 1. The number of ether oxygens (including phenoxy) is 3. The fourth-order valence-corrected chi connectivity index (χ4v) is 2.22. The predicted octanol–water partition coefficient (Wildman–Crippen LogP) is 2.28. The van der Waals surface area contributed by atoms with E-state index in [1.54, 1.807) is 32.4 Å². The van der Waals surface area contributed by atoms with Crippen molar-refractivity contribution in [2.24, 2.45) is 0 Å². The number of aromatic nitrogens is 2. The van der Waals surface area contributed by atoms with Crippen LogP contribution in [0.5, 0.6) is 11.5 Å². The standard InChI is InChI=1S/C16H15N3O6/c1-22-9-6-12(23-2)11-5-10(25-13(11)7-9)8-24-16(21)19-14-3-4-17-15(20)18-14/h3-7H,8H2,1-2H3,(H2,17,18,19,20,21). The summed E-state index contributed by atoms with van der Waals surface area (Å²) in [5.41, 5.74) is -0.0233. The average Bonchev–Trinajstić information content (AvgIpc) is 3.02. The van der Waals surface area contributed by atoms with E-state index in [1.807, 2.05) is 0 Å². The van der Waals surface area contributed by atoms with Gasteiger partial charge in [0.25, 0.3) is 0 Å². The summed E-state index contributed by atoms with van der Waals surface area (Å²) in [7, 11) is 3.08. The number of hydrogen-bond donors (Lipinski definition) is 2. The van der Waals surface area contributed by atoms with Crippen LogP contribution in [0.15, 0.2) is 39.7 Å². The van der Waals surface area contributed by atoms with Crippen molar-refractivity contribution in [1.82, 2.24) is 9.97 Å². The summed E-state index contributed by atoms with van der Waals surface area (Å²) in [5.74, 6) is 1.79. The van der Waals surface area contributed by atoms with Crippen LogP contribution in [0.3, 0.4) is 0 Å². The Labute approximate surface area is 141 Å². The van der Waals surface area contributed by atoms with Crippen LogP contribution in [0.25, 0.3) is 11.0 Å². The van der Waals surface area contributed by atoms with Gasteiger partial charge in [0.15, 0.2) is 6.61 Å². The molecule has 130 valence electrons. The molecule has 1 amide bonds. The predicted molar refractivity (Wildman–Crippen MR) is 88.0 cm³/mol. The van der Waals surface area contributed by atoms with Crippen molar-refractivity contribution in [1.29, 1.82) is 0 Å². The highest BCUT2D eigenvalue weighted by atomic mass is 16.6. The SMILES string of the molecule is COc1cc(OC)c2cc(COC(=O)Nc3ccnc(=O)[nH]3)oc2c1. The maximum Gasteiger partial charge on any atom is 0.413 e. The van der Waals surface area contributed by atoms with Crippen LogP contribution in [0.4, 0.5) is 10.6 Å². The summed E-state index contributed by atoms with van der Waals surface area (Å²) in [6, 6.07) is 6.59. The smallest absolute Gasteiger partial charge is 0.413 e. The first kappa shape index (κ1) is 16.4. The highest BCUT2D eigenvalue weighted by Gasteiger charge is 2.13. The quantitative estimate of drug-likeness (QED) is 0.729. The van der Waals surface area contributed by atoms with E-state index >= 15 is 0 Å². The van der Waals surface area contributed by atoms with Gasteiger partial charge in [0.05, 0.1) is 19.6 Å². The molecule has 0 spiro atoms. The summed E-state index contributed by atoms with van der Waals surface area (Å²) in [4.78, 5) is 28.6. The minimum atomic E-state index is -0.744. The van der Waals surface area contributed by atoms with E-state index in [4.69, 9.17) is 18.6 Å². The Kier molecular flexibility index (Phi) is 4.55. The van der Waals surface area contributed by atoms with Crippen LogP contribution in [-0.4, -0.2) is 30.3 Å². The average molecular weight is 345 g/mol. The Balaban J connectivity index is 1.70. The zero-order chi connectivity index (χ0) is 17.8. The number of anilines is 1. The summed E-state index contributed by atoms with van der Waals surface area (Å²) in [6.07, 6.45) is 0.528. The molecule has 3 aromatic rings. The number of aromatic amines is 1. The molecule has 0 unspecified atom stereocenters. The molecule has 2 heterocycles. The minimum absolute atomic E-state index is 0.0959. The molecule has 3 rings (SSSR count). The van der Waals surface area contributed by atoms with Gasteiger partial charge in [-0.2, -0.15) is 0 Å². The normalized spacial score (nSPS) is 10.5. The zero-order valence-corrected chi connectivity index (χ0v) is 13.5. The monoisotopic (exact) mass is 345 g/mol. The second-order valence-electron chi connectivity index (χ2n) is 4.94. The van der Waals surface area contributed by atoms with E-state index in [-0.39, 0.29) is 12.4 Å². The number of furan rings is 1. The summed E-state index contributed by atoms with van der Waals surface area (Å²) in [5, 5.41) is 3.12. The van der Waals surface area contributed by atoms with E-state index < -0.39 is 11.8 Å². The summed E-state index contributed by atoms with van der Waals surface area (Å²) in [6.45, 7) is -0.0959. The number of carbonyl (C=O) groups excluding carboxylic acids is 1. The van der Waals surface area contributed by atoms with Crippen LogP contribution in [0.1, 0.15) is 5.76 Å². The number of rotatable bonds is 5. The molecule has 9 nitrogen and oxygen atoms in total. The maximum absolute atomic E-state index is 11.8. The van der Waals surface area contributed by atoms with Crippen molar-refractivity contribution in [2.45, 2.75) is 6.61 Å². The minimum Gasteiger partial charge on any atom is -0.496 e. The second-order valence-corrected chi connectivity index (χ2v) is 4.94. The number of hydrogen-bond acceptors (Lipinski definition) is 7. The molecule has 0 bridgehead atoms. The number of nitrogens with zero attached hydrogens (tertiary/aromatic N) is 1. The fourth-order valence-electron chi connectivity index (χ4n) is 2.22. The number of H-pyrrole nitrogens is 1. The lowest BCUT2D eigenvalue weighted by Gasteiger charge is -2.04. The Bertz CT molecular complexity index is 962. The number of amides is 1. The second kappa shape index (κ2) is 6.95. The van der Waals surface area contributed by atoms with Crippen LogP contribution in [-0.2, 0) is 11.3 Å². The van der Waals surface area contributed by atoms with Gasteiger partial charge < -0.3 is 18.6 Å². The molecule has 0 aliphatic rings. The maximum atomic E-state index is 11.8. The number of methoxy groups -OCH3 is 2. The fraction of sp³-hybridized carbons (Fsp3) is 0.188. The highest BCUT2D eigenvalue weighted by Crippen LogP contribution is 2.33. The first-order valence-electron chi connectivity index (χ1n) is 7.22. The van der Waals surface area contributed by atoms with Crippen LogP contribution < -0.4 is 20.5 Å². The van der Waals surface area contributed by atoms with Gasteiger partial charge in [-0.3, -0.25) is 10.3 Å². The van der Waals surface area contributed by atoms with Crippen molar-refractivity contribution in [2.75, 3.05) is 19.5 Å². The Morgan fingerprint density at radius 2 is 2.12 bits per heavy atom.